The van der Waals surface area contributed by atoms with Gasteiger partial charge in [0.05, 0.1) is 0 Å². The van der Waals surface area contributed by atoms with Crippen molar-refractivity contribution < 1.29 is 0 Å². The van der Waals surface area contributed by atoms with Gasteiger partial charge in [-0.2, -0.15) is 4.68 Å². The molecule has 2 aromatic heterocycles. The molecule has 2 rings (SSSR count). The lowest BCUT2D eigenvalue weighted by molar-refractivity contribution is 0.754. The quantitative estimate of drug-likeness (QED) is 0.861. The number of nitrogens with two attached hydrogens (primary N) is 1. The molecular weight excluding hydrogens is 226 g/mol. The topological polar surface area (TPSA) is 69.6 Å². The molecule has 0 spiro atoms. The fraction of sp³-hybridized carbons (Fsp3) is 0.462. The molecule has 0 aliphatic heterocycles. The van der Waals surface area contributed by atoms with Crippen molar-refractivity contribution in [1.82, 2.24) is 19.7 Å². The van der Waals surface area contributed by atoms with Crippen LogP contribution in [0.4, 0.5) is 0 Å². The summed E-state index contributed by atoms with van der Waals surface area (Å²) in [5.74, 6) is 2.66. The van der Waals surface area contributed by atoms with E-state index in [1.54, 1.807) is 6.20 Å². The van der Waals surface area contributed by atoms with Gasteiger partial charge in [-0.1, -0.05) is 19.9 Å². The largest absolute Gasteiger partial charge is 0.330 e. The molecule has 0 aliphatic rings. The molecule has 0 aromatic carbocycles. The zero-order valence-electron chi connectivity index (χ0n) is 10.9. The second kappa shape index (κ2) is 5.73. The van der Waals surface area contributed by atoms with E-state index in [9.17, 15) is 0 Å². The summed E-state index contributed by atoms with van der Waals surface area (Å²) in [6, 6.07) is 3.97. The molecule has 2 heterocycles. The molecule has 0 radical (unpaired) electrons. The summed E-state index contributed by atoms with van der Waals surface area (Å²) in [5.41, 5.74) is 6.75. The third-order valence-electron chi connectivity index (χ3n) is 2.83. The SMILES string of the molecule is CCc1nc(CC)n(-c2ncccc2CCN)n1. The van der Waals surface area contributed by atoms with Gasteiger partial charge in [-0.05, 0) is 24.6 Å². The van der Waals surface area contributed by atoms with Crippen LogP contribution >= 0.6 is 0 Å². The molecule has 0 saturated heterocycles. The van der Waals surface area contributed by atoms with Crippen LogP contribution in [0.2, 0.25) is 0 Å². The van der Waals surface area contributed by atoms with Gasteiger partial charge < -0.3 is 5.73 Å². The Labute approximate surface area is 107 Å². The van der Waals surface area contributed by atoms with Crippen molar-refractivity contribution in [1.29, 1.82) is 0 Å². The Hall–Kier alpha value is -1.75. The zero-order valence-corrected chi connectivity index (χ0v) is 10.9. The minimum absolute atomic E-state index is 0.607. The predicted octanol–water partition coefficient (Wildman–Crippen LogP) is 1.29. The van der Waals surface area contributed by atoms with Gasteiger partial charge in [0.25, 0.3) is 0 Å². The highest BCUT2D eigenvalue weighted by atomic mass is 15.4. The molecule has 0 amide bonds. The van der Waals surface area contributed by atoms with Crippen LogP contribution in [0.5, 0.6) is 0 Å². The number of pyridine rings is 1. The van der Waals surface area contributed by atoms with Gasteiger partial charge in [0.15, 0.2) is 11.6 Å². The van der Waals surface area contributed by atoms with E-state index in [0.717, 1.165) is 42.3 Å². The minimum Gasteiger partial charge on any atom is -0.330 e. The molecule has 0 aliphatic carbocycles. The van der Waals surface area contributed by atoms with E-state index in [4.69, 9.17) is 5.73 Å². The van der Waals surface area contributed by atoms with Crippen LogP contribution in [0.1, 0.15) is 31.1 Å². The van der Waals surface area contributed by atoms with Crippen LogP contribution in [-0.4, -0.2) is 26.3 Å². The van der Waals surface area contributed by atoms with Gasteiger partial charge in [-0.25, -0.2) is 9.97 Å². The normalized spacial score (nSPS) is 10.8. The second-order valence-corrected chi connectivity index (χ2v) is 4.09. The molecule has 5 nitrogen and oxygen atoms in total. The van der Waals surface area contributed by atoms with E-state index < -0.39 is 0 Å². The van der Waals surface area contributed by atoms with Crippen LogP contribution in [-0.2, 0) is 19.3 Å². The molecule has 0 saturated carbocycles. The second-order valence-electron chi connectivity index (χ2n) is 4.09. The van der Waals surface area contributed by atoms with Gasteiger partial charge in [0, 0.05) is 19.0 Å². The van der Waals surface area contributed by atoms with Gasteiger partial charge in [0.2, 0.25) is 0 Å². The van der Waals surface area contributed by atoms with Crippen LogP contribution in [0.3, 0.4) is 0 Å². The van der Waals surface area contributed by atoms with E-state index in [1.165, 1.54) is 0 Å². The summed E-state index contributed by atoms with van der Waals surface area (Å²) in [6.07, 6.45) is 4.25. The summed E-state index contributed by atoms with van der Waals surface area (Å²) in [5, 5.41) is 4.51. The molecule has 0 unspecified atom stereocenters. The number of aryl methyl sites for hydroxylation is 2. The first-order valence-corrected chi connectivity index (χ1v) is 6.39. The maximum Gasteiger partial charge on any atom is 0.158 e. The summed E-state index contributed by atoms with van der Waals surface area (Å²) in [7, 11) is 0. The maximum atomic E-state index is 5.64. The lowest BCUT2D eigenvalue weighted by Crippen LogP contribution is -2.11. The number of hydrogen-bond acceptors (Lipinski definition) is 4. The Morgan fingerprint density at radius 2 is 2.11 bits per heavy atom. The number of hydrogen-bond donors (Lipinski definition) is 1. The number of rotatable bonds is 5. The molecule has 0 fully saturated rings. The molecule has 0 atom stereocenters. The maximum absolute atomic E-state index is 5.64. The summed E-state index contributed by atoms with van der Waals surface area (Å²) in [4.78, 5) is 8.93. The first-order chi connectivity index (χ1) is 8.80. The minimum atomic E-state index is 0.607. The molecule has 18 heavy (non-hydrogen) atoms. The van der Waals surface area contributed by atoms with Crippen molar-refractivity contribution in [3.63, 3.8) is 0 Å². The first-order valence-electron chi connectivity index (χ1n) is 6.39. The Balaban J connectivity index is 2.50. The summed E-state index contributed by atoms with van der Waals surface area (Å²) in [6.45, 7) is 4.74. The highest BCUT2D eigenvalue weighted by Crippen LogP contribution is 2.14. The van der Waals surface area contributed by atoms with Crippen molar-refractivity contribution >= 4 is 0 Å². The molecule has 5 heteroatoms. The first kappa shape index (κ1) is 12.7. The van der Waals surface area contributed by atoms with Crippen molar-refractivity contribution in [3.8, 4) is 5.82 Å². The standard InChI is InChI=1S/C13H19N5/c1-3-11-16-12(4-2)18(17-11)13-10(7-8-14)6-5-9-15-13/h5-6,9H,3-4,7-8,14H2,1-2H3. The fourth-order valence-electron chi connectivity index (χ4n) is 1.91. The van der Waals surface area contributed by atoms with Crippen LogP contribution < -0.4 is 5.73 Å². The van der Waals surface area contributed by atoms with Crippen LogP contribution in [0.15, 0.2) is 18.3 Å². The van der Waals surface area contributed by atoms with Crippen molar-refractivity contribution in [2.24, 2.45) is 5.73 Å². The molecule has 0 bridgehead atoms. The Bertz CT molecular complexity index is 518. The fourth-order valence-corrected chi connectivity index (χ4v) is 1.91. The highest BCUT2D eigenvalue weighted by Gasteiger charge is 2.12. The zero-order chi connectivity index (χ0) is 13.0. The monoisotopic (exact) mass is 245 g/mol. The van der Waals surface area contributed by atoms with E-state index in [1.807, 2.05) is 16.8 Å². The predicted molar refractivity (Wildman–Crippen MR) is 70.7 cm³/mol. The molecule has 2 N–H and O–H groups in total. The smallest absolute Gasteiger partial charge is 0.158 e. The Morgan fingerprint density at radius 3 is 2.78 bits per heavy atom. The molecular formula is C13H19N5. The third-order valence-corrected chi connectivity index (χ3v) is 2.83. The number of aromatic nitrogens is 4. The Kier molecular flexibility index (Phi) is 4.04. The molecule has 96 valence electrons. The van der Waals surface area contributed by atoms with Gasteiger partial charge >= 0.3 is 0 Å². The number of nitrogens with zero attached hydrogens (tertiary/aromatic N) is 4. The lowest BCUT2D eigenvalue weighted by atomic mass is 10.2. The summed E-state index contributed by atoms with van der Waals surface area (Å²) >= 11 is 0. The lowest BCUT2D eigenvalue weighted by Gasteiger charge is -2.08. The van der Waals surface area contributed by atoms with Crippen molar-refractivity contribution in [3.05, 3.63) is 35.5 Å². The third kappa shape index (κ3) is 2.41. The van der Waals surface area contributed by atoms with Crippen molar-refractivity contribution in [2.45, 2.75) is 33.1 Å². The van der Waals surface area contributed by atoms with Gasteiger partial charge in [0.1, 0.15) is 5.82 Å². The van der Waals surface area contributed by atoms with Gasteiger partial charge in [-0.3, -0.25) is 0 Å². The highest BCUT2D eigenvalue weighted by molar-refractivity contribution is 5.34. The van der Waals surface area contributed by atoms with Crippen molar-refractivity contribution in [2.75, 3.05) is 6.54 Å². The Morgan fingerprint density at radius 1 is 1.28 bits per heavy atom. The van der Waals surface area contributed by atoms with E-state index in [0.29, 0.717) is 6.54 Å². The summed E-state index contributed by atoms with van der Waals surface area (Å²) < 4.78 is 1.85. The van der Waals surface area contributed by atoms with Crippen LogP contribution in [0, 0.1) is 0 Å². The van der Waals surface area contributed by atoms with Crippen LogP contribution in [0.25, 0.3) is 5.82 Å². The van der Waals surface area contributed by atoms with Gasteiger partial charge in [-0.15, -0.1) is 5.10 Å². The van der Waals surface area contributed by atoms with E-state index >= 15 is 0 Å². The average Bonchev–Trinajstić information content (AvgIpc) is 2.83. The van der Waals surface area contributed by atoms with E-state index in [2.05, 4.69) is 28.9 Å². The molecule has 2 aromatic rings. The van der Waals surface area contributed by atoms with E-state index in [-0.39, 0.29) is 0 Å². The average molecular weight is 245 g/mol.